The average molecular weight is 361 g/mol. The first-order valence-electron chi connectivity index (χ1n) is 8.48. The van der Waals surface area contributed by atoms with Crippen LogP contribution < -0.4 is 5.32 Å². The van der Waals surface area contributed by atoms with Crippen LogP contribution in [0.2, 0.25) is 0 Å². The molecule has 0 radical (unpaired) electrons. The highest BCUT2D eigenvalue weighted by atomic mass is 32.2. The smallest absolute Gasteiger partial charge is 0.317 e. The molecule has 2 aliphatic heterocycles. The number of carbonyl (C=O) groups excluding carboxylic acids is 2. The number of nitrogens with zero attached hydrogens (tertiary/aromatic N) is 2. The Bertz CT molecular complexity index is 557. The molecule has 2 rings (SSSR count). The first kappa shape index (κ1) is 19.0. The van der Waals surface area contributed by atoms with Crippen LogP contribution in [0.4, 0.5) is 4.79 Å². The summed E-state index contributed by atoms with van der Waals surface area (Å²) in [6.07, 6.45) is 3.91. The predicted octanol–water partition coefficient (Wildman–Crippen LogP) is 0.395. The van der Waals surface area contributed by atoms with Crippen LogP contribution >= 0.6 is 0 Å². The Hall–Kier alpha value is -1.35. The maximum atomic E-state index is 12.4. The molecule has 9 heteroatoms. The molecule has 1 unspecified atom stereocenters. The van der Waals surface area contributed by atoms with E-state index in [0.29, 0.717) is 45.6 Å². The number of carbonyl (C=O) groups is 2. The largest absolute Gasteiger partial charge is 0.466 e. The number of likely N-dealkylation sites (tertiary alicyclic amines) is 1. The molecule has 2 saturated heterocycles. The molecule has 0 aromatic carbocycles. The summed E-state index contributed by atoms with van der Waals surface area (Å²) in [6, 6.07) is -0.346. The minimum absolute atomic E-state index is 0.135. The van der Waals surface area contributed by atoms with E-state index in [0.717, 1.165) is 12.8 Å². The van der Waals surface area contributed by atoms with Crippen molar-refractivity contribution in [3.8, 4) is 0 Å². The van der Waals surface area contributed by atoms with Crippen LogP contribution in [-0.2, 0) is 19.6 Å². The number of hydrogen-bond donors (Lipinski definition) is 1. The van der Waals surface area contributed by atoms with E-state index in [-0.39, 0.29) is 24.0 Å². The summed E-state index contributed by atoms with van der Waals surface area (Å²) in [5.74, 6) is -0.321. The van der Waals surface area contributed by atoms with Crippen molar-refractivity contribution in [2.45, 2.75) is 38.6 Å². The number of nitrogens with one attached hydrogen (secondary N) is 1. The molecular formula is C15H27N3O5S. The van der Waals surface area contributed by atoms with Gasteiger partial charge in [-0.2, -0.15) is 0 Å². The van der Waals surface area contributed by atoms with Crippen LogP contribution in [0.3, 0.4) is 0 Å². The lowest BCUT2D eigenvalue weighted by atomic mass is 9.97. The first-order valence-corrected chi connectivity index (χ1v) is 10.3. The highest BCUT2D eigenvalue weighted by Crippen LogP contribution is 2.19. The normalized spacial score (nSPS) is 23.8. The van der Waals surface area contributed by atoms with Gasteiger partial charge in [-0.1, -0.05) is 0 Å². The van der Waals surface area contributed by atoms with Crippen molar-refractivity contribution in [2.75, 3.05) is 39.0 Å². The lowest BCUT2D eigenvalue weighted by molar-refractivity contribution is -0.149. The molecule has 0 aliphatic carbocycles. The molecule has 2 amide bonds. The molecule has 0 saturated carbocycles. The van der Waals surface area contributed by atoms with Crippen LogP contribution in [0.25, 0.3) is 0 Å². The second-order valence-corrected chi connectivity index (χ2v) is 8.41. The molecular weight excluding hydrogens is 334 g/mol. The van der Waals surface area contributed by atoms with Gasteiger partial charge in [0, 0.05) is 32.2 Å². The maximum absolute atomic E-state index is 12.4. The van der Waals surface area contributed by atoms with E-state index in [2.05, 4.69) is 5.32 Å². The Labute approximate surface area is 143 Å². The third-order valence-electron chi connectivity index (χ3n) is 4.58. The summed E-state index contributed by atoms with van der Waals surface area (Å²) in [5.41, 5.74) is 0. The number of amides is 2. The van der Waals surface area contributed by atoms with Gasteiger partial charge in [-0.15, -0.1) is 0 Å². The fraction of sp³-hybridized carbons (Fsp3) is 0.867. The molecule has 2 fully saturated rings. The zero-order valence-electron chi connectivity index (χ0n) is 14.4. The van der Waals surface area contributed by atoms with Gasteiger partial charge in [0.15, 0.2) is 0 Å². The molecule has 1 N–H and O–H groups in total. The van der Waals surface area contributed by atoms with Crippen molar-refractivity contribution in [2.24, 2.45) is 5.92 Å². The summed E-state index contributed by atoms with van der Waals surface area (Å²) in [6.45, 7) is 4.01. The molecule has 1 atom stereocenters. The molecule has 8 nitrogen and oxygen atoms in total. The number of urea groups is 1. The molecule has 0 spiro atoms. The third kappa shape index (κ3) is 5.07. The van der Waals surface area contributed by atoms with Crippen LogP contribution in [0.15, 0.2) is 0 Å². The molecule has 2 heterocycles. The summed E-state index contributed by atoms with van der Waals surface area (Å²) in [5, 5.41) is 2.92. The number of esters is 1. The Balaban J connectivity index is 1.80. The topological polar surface area (TPSA) is 96.0 Å². The Morgan fingerprint density at radius 1 is 1.17 bits per heavy atom. The highest BCUT2D eigenvalue weighted by molar-refractivity contribution is 7.88. The fourth-order valence-electron chi connectivity index (χ4n) is 3.21. The number of hydrogen-bond acceptors (Lipinski definition) is 5. The molecule has 0 aromatic rings. The van der Waals surface area contributed by atoms with E-state index in [1.807, 2.05) is 0 Å². The lowest BCUT2D eigenvalue weighted by Gasteiger charge is -2.35. The lowest BCUT2D eigenvalue weighted by Crippen LogP contribution is -2.53. The van der Waals surface area contributed by atoms with Gasteiger partial charge in [0.25, 0.3) is 0 Å². The zero-order chi connectivity index (χ0) is 17.7. The van der Waals surface area contributed by atoms with Crippen molar-refractivity contribution in [1.29, 1.82) is 0 Å². The Morgan fingerprint density at radius 3 is 2.42 bits per heavy atom. The minimum Gasteiger partial charge on any atom is -0.466 e. The van der Waals surface area contributed by atoms with Gasteiger partial charge >= 0.3 is 12.0 Å². The van der Waals surface area contributed by atoms with Crippen molar-refractivity contribution in [3.05, 3.63) is 0 Å². The molecule has 0 bridgehead atoms. The van der Waals surface area contributed by atoms with Gasteiger partial charge < -0.3 is 15.0 Å². The van der Waals surface area contributed by atoms with Crippen molar-refractivity contribution >= 4 is 22.0 Å². The van der Waals surface area contributed by atoms with Gasteiger partial charge in [0.1, 0.15) is 0 Å². The predicted molar refractivity (Wildman–Crippen MR) is 88.9 cm³/mol. The number of ether oxygens (including phenoxy) is 1. The Kier molecular flexibility index (Phi) is 6.45. The third-order valence-corrected chi connectivity index (χ3v) is 5.85. The van der Waals surface area contributed by atoms with Gasteiger partial charge in [-0.25, -0.2) is 17.5 Å². The minimum atomic E-state index is -3.22. The molecule has 0 aromatic heterocycles. The molecule has 2 aliphatic rings. The zero-order valence-corrected chi connectivity index (χ0v) is 15.2. The number of sulfonamides is 1. The van der Waals surface area contributed by atoms with Gasteiger partial charge in [0.05, 0.1) is 18.8 Å². The summed E-state index contributed by atoms with van der Waals surface area (Å²) >= 11 is 0. The van der Waals surface area contributed by atoms with E-state index in [9.17, 15) is 18.0 Å². The van der Waals surface area contributed by atoms with Crippen molar-refractivity contribution in [1.82, 2.24) is 14.5 Å². The number of piperidine rings is 2. The van der Waals surface area contributed by atoms with Crippen LogP contribution in [0, 0.1) is 5.92 Å². The van der Waals surface area contributed by atoms with Crippen molar-refractivity contribution < 1.29 is 22.7 Å². The Morgan fingerprint density at radius 2 is 1.83 bits per heavy atom. The molecule has 138 valence electrons. The van der Waals surface area contributed by atoms with Gasteiger partial charge in [0.2, 0.25) is 10.0 Å². The monoisotopic (exact) mass is 361 g/mol. The highest BCUT2D eigenvalue weighted by Gasteiger charge is 2.31. The summed E-state index contributed by atoms with van der Waals surface area (Å²) in [4.78, 5) is 25.8. The van der Waals surface area contributed by atoms with Crippen molar-refractivity contribution in [3.63, 3.8) is 0 Å². The summed E-state index contributed by atoms with van der Waals surface area (Å²) in [7, 11) is -3.22. The summed E-state index contributed by atoms with van der Waals surface area (Å²) < 4.78 is 29.7. The molecule has 24 heavy (non-hydrogen) atoms. The van der Waals surface area contributed by atoms with Crippen LogP contribution in [0.5, 0.6) is 0 Å². The van der Waals surface area contributed by atoms with Gasteiger partial charge in [-0.05, 0) is 32.6 Å². The quantitative estimate of drug-likeness (QED) is 0.731. The van der Waals surface area contributed by atoms with E-state index in [1.54, 1.807) is 11.8 Å². The fourth-order valence-corrected chi connectivity index (χ4v) is 4.12. The van der Waals surface area contributed by atoms with E-state index < -0.39 is 10.0 Å². The SMILES string of the molecule is CCOC(=O)C1CCN(C(=O)NC2CCCN(S(C)(=O)=O)C2)CC1. The van der Waals surface area contributed by atoms with Gasteiger partial charge in [-0.3, -0.25) is 4.79 Å². The number of rotatable bonds is 4. The van der Waals surface area contributed by atoms with E-state index >= 15 is 0 Å². The maximum Gasteiger partial charge on any atom is 0.317 e. The van der Waals surface area contributed by atoms with E-state index in [1.165, 1.54) is 10.6 Å². The standard InChI is InChI=1S/C15H27N3O5S/c1-3-23-14(19)12-6-9-17(10-7-12)15(20)16-13-5-4-8-18(11-13)24(2,21)22/h12-13H,3-11H2,1-2H3,(H,16,20). The second-order valence-electron chi connectivity index (χ2n) is 6.42. The van der Waals surface area contributed by atoms with E-state index in [4.69, 9.17) is 4.74 Å². The average Bonchev–Trinajstić information content (AvgIpc) is 2.54. The second kappa shape index (κ2) is 8.15. The van der Waals surface area contributed by atoms with Crippen LogP contribution in [-0.4, -0.2) is 74.7 Å². The first-order chi connectivity index (χ1) is 11.3. The van der Waals surface area contributed by atoms with Crippen LogP contribution in [0.1, 0.15) is 32.6 Å².